The first-order valence-corrected chi connectivity index (χ1v) is 4.59. The van der Waals surface area contributed by atoms with Crippen molar-refractivity contribution in [3.63, 3.8) is 0 Å². The monoisotopic (exact) mass is 199 g/mol. The largest absolute Gasteiger partial charge is 0.448 e. The second-order valence-electron chi connectivity index (χ2n) is 3.15. The number of likely N-dealkylation sites (N-methyl/N-ethyl adjacent to an activating group) is 1. The van der Waals surface area contributed by atoms with Crippen molar-refractivity contribution in [3.05, 3.63) is 34.8 Å². The van der Waals surface area contributed by atoms with Gasteiger partial charge in [0, 0.05) is 0 Å². The first-order chi connectivity index (χ1) is 6.13. The third-order valence-electron chi connectivity index (χ3n) is 1.71. The van der Waals surface area contributed by atoms with E-state index in [1.165, 1.54) is 5.57 Å². The fourth-order valence-corrected chi connectivity index (χ4v) is 1.29. The van der Waals surface area contributed by atoms with E-state index in [-0.39, 0.29) is 6.04 Å². The maximum Gasteiger partial charge on any atom is 0.193 e. The molecule has 1 atom stereocenters. The lowest BCUT2D eigenvalue weighted by molar-refractivity contribution is 0.470. The molecule has 0 saturated heterocycles. The standard InChI is InChI=1S/C10H14ClNO/c1-7(2)6-8(12-3)9-4-5-10(11)13-9/h4-6,8,12H,1-3H3. The van der Waals surface area contributed by atoms with Crippen molar-refractivity contribution in [2.24, 2.45) is 0 Å². The Balaban J connectivity index is 2.84. The summed E-state index contributed by atoms with van der Waals surface area (Å²) in [4.78, 5) is 0. The minimum absolute atomic E-state index is 0.109. The molecule has 1 heterocycles. The Hall–Kier alpha value is -0.730. The first kappa shape index (κ1) is 10.4. The Morgan fingerprint density at radius 1 is 1.54 bits per heavy atom. The van der Waals surface area contributed by atoms with E-state index in [9.17, 15) is 0 Å². The van der Waals surface area contributed by atoms with E-state index in [0.717, 1.165) is 5.76 Å². The normalized spacial score (nSPS) is 12.6. The molecule has 0 radical (unpaired) electrons. The molecular weight excluding hydrogens is 186 g/mol. The predicted octanol–water partition coefficient (Wildman–Crippen LogP) is 3.16. The van der Waals surface area contributed by atoms with Crippen LogP contribution in [0.1, 0.15) is 25.6 Å². The van der Waals surface area contributed by atoms with Gasteiger partial charge in [-0.1, -0.05) is 11.6 Å². The molecule has 0 saturated carbocycles. The second-order valence-corrected chi connectivity index (χ2v) is 3.52. The van der Waals surface area contributed by atoms with E-state index in [2.05, 4.69) is 25.2 Å². The van der Waals surface area contributed by atoms with E-state index < -0.39 is 0 Å². The van der Waals surface area contributed by atoms with Crippen molar-refractivity contribution in [2.75, 3.05) is 7.05 Å². The summed E-state index contributed by atoms with van der Waals surface area (Å²) >= 11 is 5.68. The zero-order chi connectivity index (χ0) is 9.84. The van der Waals surface area contributed by atoms with Gasteiger partial charge in [0.1, 0.15) is 5.76 Å². The third-order valence-corrected chi connectivity index (χ3v) is 1.91. The van der Waals surface area contributed by atoms with E-state index in [1.54, 1.807) is 6.07 Å². The van der Waals surface area contributed by atoms with E-state index in [1.807, 2.05) is 13.1 Å². The summed E-state index contributed by atoms with van der Waals surface area (Å²) in [6.07, 6.45) is 2.09. The highest BCUT2D eigenvalue weighted by Gasteiger charge is 2.09. The molecule has 0 spiro atoms. The molecule has 0 fully saturated rings. The van der Waals surface area contributed by atoms with Crippen molar-refractivity contribution in [1.82, 2.24) is 5.32 Å². The van der Waals surface area contributed by atoms with Gasteiger partial charge >= 0.3 is 0 Å². The lowest BCUT2D eigenvalue weighted by Gasteiger charge is -2.08. The molecule has 2 nitrogen and oxygen atoms in total. The molecule has 0 bridgehead atoms. The summed E-state index contributed by atoms with van der Waals surface area (Å²) in [5, 5.41) is 3.56. The Bertz CT molecular complexity index is 300. The number of allylic oxidation sites excluding steroid dienone is 1. The fraction of sp³-hybridized carbons (Fsp3) is 0.400. The number of hydrogen-bond donors (Lipinski definition) is 1. The number of rotatable bonds is 3. The van der Waals surface area contributed by atoms with Gasteiger partial charge in [-0.25, -0.2) is 0 Å². The topological polar surface area (TPSA) is 25.2 Å². The average molecular weight is 200 g/mol. The molecule has 1 aromatic rings. The van der Waals surface area contributed by atoms with Crippen LogP contribution in [0.3, 0.4) is 0 Å². The highest BCUT2D eigenvalue weighted by atomic mass is 35.5. The van der Waals surface area contributed by atoms with Crippen LogP contribution < -0.4 is 5.32 Å². The molecule has 1 rings (SSSR count). The molecule has 0 aromatic carbocycles. The van der Waals surface area contributed by atoms with Gasteiger partial charge in [0.2, 0.25) is 0 Å². The van der Waals surface area contributed by atoms with Crippen LogP contribution in [0.25, 0.3) is 0 Å². The molecule has 0 aliphatic carbocycles. The van der Waals surface area contributed by atoms with Crippen LogP contribution in [0.4, 0.5) is 0 Å². The quantitative estimate of drug-likeness (QED) is 0.757. The van der Waals surface area contributed by atoms with Crippen LogP contribution in [-0.2, 0) is 0 Å². The van der Waals surface area contributed by atoms with Crippen molar-refractivity contribution < 1.29 is 4.42 Å². The predicted molar refractivity (Wildman–Crippen MR) is 54.9 cm³/mol. The highest BCUT2D eigenvalue weighted by Crippen LogP contribution is 2.21. The van der Waals surface area contributed by atoms with Crippen LogP contribution >= 0.6 is 11.6 Å². The maximum absolute atomic E-state index is 5.68. The van der Waals surface area contributed by atoms with E-state index in [4.69, 9.17) is 16.0 Å². The average Bonchev–Trinajstić information content (AvgIpc) is 2.47. The van der Waals surface area contributed by atoms with Crippen LogP contribution in [0.15, 0.2) is 28.2 Å². The van der Waals surface area contributed by atoms with Crippen LogP contribution in [0, 0.1) is 0 Å². The molecule has 1 N–H and O–H groups in total. The van der Waals surface area contributed by atoms with Gasteiger partial charge in [-0.2, -0.15) is 0 Å². The van der Waals surface area contributed by atoms with Gasteiger partial charge in [0.05, 0.1) is 6.04 Å². The van der Waals surface area contributed by atoms with Crippen LogP contribution in [0.5, 0.6) is 0 Å². The number of halogens is 1. The first-order valence-electron chi connectivity index (χ1n) is 4.21. The zero-order valence-electron chi connectivity index (χ0n) is 8.10. The van der Waals surface area contributed by atoms with E-state index >= 15 is 0 Å². The Morgan fingerprint density at radius 3 is 2.62 bits per heavy atom. The highest BCUT2D eigenvalue weighted by molar-refractivity contribution is 6.28. The van der Waals surface area contributed by atoms with Crippen molar-refractivity contribution in [3.8, 4) is 0 Å². The zero-order valence-corrected chi connectivity index (χ0v) is 8.85. The van der Waals surface area contributed by atoms with Crippen molar-refractivity contribution in [2.45, 2.75) is 19.9 Å². The summed E-state index contributed by atoms with van der Waals surface area (Å²) in [6.45, 7) is 4.10. The van der Waals surface area contributed by atoms with Crippen LogP contribution in [-0.4, -0.2) is 7.05 Å². The Kier molecular flexibility index (Phi) is 3.58. The van der Waals surface area contributed by atoms with Crippen LogP contribution in [0.2, 0.25) is 5.22 Å². The SMILES string of the molecule is CNC(C=C(C)C)c1ccc(Cl)o1. The summed E-state index contributed by atoms with van der Waals surface area (Å²) in [5.41, 5.74) is 1.24. The third kappa shape index (κ3) is 2.90. The fourth-order valence-electron chi connectivity index (χ4n) is 1.14. The minimum atomic E-state index is 0.109. The number of hydrogen-bond acceptors (Lipinski definition) is 2. The molecule has 3 heteroatoms. The number of nitrogens with one attached hydrogen (secondary N) is 1. The van der Waals surface area contributed by atoms with Gasteiger partial charge in [-0.15, -0.1) is 0 Å². The molecular formula is C10H14ClNO. The Morgan fingerprint density at radius 2 is 2.23 bits per heavy atom. The summed E-state index contributed by atoms with van der Waals surface area (Å²) in [7, 11) is 1.89. The van der Waals surface area contributed by atoms with Crippen molar-refractivity contribution >= 4 is 11.6 Å². The van der Waals surface area contributed by atoms with Gasteiger partial charge in [0.25, 0.3) is 0 Å². The molecule has 0 amide bonds. The minimum Gasteiger partial charge on any atom is -0.448 e. The smallest absolute Gasteiger partial charge is 0.193 e. The lowest BCUT2D eigenvalue weighted by Crippen LogP contribution is -2.13. The molecule has 0 aliphatic rings. The molecule has 1 unspecified atom stereocenters. The second kappa shape index (κ2) is 4.49. The Labute approximate surface area is 83.6 Å². The molecule has 72 valence electrons. The maximum atomic E-state index is 5.68. The summed E-state index contributed by atoms with van der Waals surface area (Å²) in [6, 6.07) is 3.74. The molecule has 13 heavy (non-hydrogen) atoms. The molecule has 1 aromatic heterocycles. The molecule has 0 aliphatic heterocycles. The van der Waals surface area contributed by atoms with E-state index in [0.29, 0.717) is 5.22 Å². The van der Waals surface area contributed by atoms with Gasteiger partial charge < -0.3 is 9.73 Å². The lowest BCUT2D eigenvalue weighted by atomic mass is 10.1. The van der Waals surface area contributed by atoms with Crippen molar-refractivity contribution in [1.29, 1.82) is 0 Å². The van der Waals surface area contributed by atoms with Gasteiger partial charge in [-0.05, 0) is 44.6 Å². The van der Waals surface area contributed by atoms with Gasteiger partial charge in [0.15, 0.2) is 5.22 Å². The summed E-state index contributed by atoms with van der Waals surface area (Å²) < 4.78 is 5.30. The summed E-state index contributed by atoms with van der Waals surface area (Å²) in [5.74, 6) is 0.841. The van der Waals surface area contributed by atoms with Gasteiger partial charge in [-0.3, -0.25) is 0 Å². The number of furan rings is 1.